The highest BCUT2D eigenvalue weighted by molar-refractivity contribution is 7.91. The Hall–Kier alpha value is -1.44. The number of rotatable bonds is 2. The molecule has 20 heavy (non-hydrogen) atoms. The Balaban J connectivity index is 1.85. The molecule has 0 aliphatic carbocycles. The van der Waals surface area contributed by atoms with E-state index in [0.717, 1.165) is 6.42 Å². The maximum atomic E-state index is 11.4. The lowest BCUT2D eigenvalue weighted by atomic mass is 9.99. The SMILES string of the molecule is O=C(O)C1CCCn2nc(C3CCS(=O)(=O)CC3)nc21. The zero-order chi connectivity index (χ0) is 14.3. The summed E-state index contributed by atoms with van der Waals surface area (Å²) in [5.74, 6) is 0.0584. The van der Waals surface area contributed by atoms with Crippen molar-refractivity contribution in [2.24, 2.45) is 0 Å². The lowest BCUT2D eigenvalue weighted by Crippen LogP contribution is -2.23. The van der Waals surface area contributed by atoms with Gasteiger partial charge in [-0.05, 0) is 25.7 Å². The molecule has 8 heteroatoms. The quantitative estimate of drug-likeness (QED) is 0.854. The molecule has 0 radical (unpaired) electrons. The van der Waals surface area contributed by atoms with E-state index < -0.39 is 21.7 Å². The second kappa shape index (κ2) is 4.83. The Morgan fingerprint density at radius 2 is 1.95 bits per heavy atom. The van der Waals surface area contributed by atoms with Gasteiger partial charge in [0.05, 0.1) is 11.5 Å². The van der Waals surface area contributed by atoms with Crippen LogP contribution in [0.25, 0.3) is 0 Å². The molecule has 2 aliphatic rings. The van der Waals surface area contributed by atoms with Crippen LogP contribution in [-0.2, 0) is 21.2 Å². The number of carbonyl (C=O) groups is 1. The summed E-state index contributed by atoms with van der Waals surface area (Å²) in [5, 5.41) is 13.6. The van der Waals surface area contributed by atoms with E-state index in [1.807, 2.05) is 0 Å². The Labute approximate surface area is 116 Å². The Kier molecular flexibility index (Phi) is 3.27. The third-order valence-electron chi connectivity index (χ3n) is 4.11. The van der Waals surface area contributed by atoms with E-state index in [9.17, 15) is 18.3 Å². The van der Waals surface area contributed by atoms with Crippen LogP contribution < -0.4 is 0 Å². The number of carboxylic acids is 1. The van der Waals surface area contributed by atoms with Crippen LogP contribution in [0.4, 0.5) is 0 Å². The van der Waals surface area contributed by atoms with Gasteiger partial charge in [0.2, 0.25) is 0 Å². The number of hydrogen-bond acceptors (Lipinski definition) is 5. The smallest absolute Gasteiger partial charge is 0.314 e. The van der Waals surface area contributed by atoms with Crippen molar-refractivity contribution in [2.75, 3.05) is 11.5 Å². The molecule has 1 aromatic rings. The Bertz CT molecular complexity index is 623. The van der Waals surface area contributed by atoms with Gasteiger partial charge in [0.15, 0.2) is 5.82 Å². The van der Waals surface area contributed by atoms with Crippen molar-refractivity contribution in [3.05, 3.63) is 11.6 Å². The summed E-state index contributed by atoms with van der Waals surface area (Å²) in [7, 11) is -2.91. The average molecular weight is 299 g/mol. The van der Waals surface area contributed by atoms with Gasteiger partial charge in [0.1, 0.15) is 21.6 Å². The lowest BCUT2D eigenvalue weighted by Gasteiger charge is -2.18. The predicted octanol–water partition coefficient (Wildman–Crippen LogP) is 0.532. The van der Waals surface area contributed by atoms with Crippen molar-refractivity contribution in [3.8, 4) is 0 Å². The fourth-order valence-electron chi connectivity index (χ4n) is 2.92. The maximum Gasteiger partial charge on any atom is 0.314 e. The molecule has 2 aliphatic heterocycles. The Morgan fingerprint density at radius 1 is 1.25 bits per heavy atom. The van der Waals surface area contributed by atoms with Crippen molar-refractivity contribution >= 4 is 15.8 Å². The molecule has 0 amide bonds. The van der Waals surface area contributed by atoms with Crippen molar-refractivity contribution < 1.29 is 18.3 Å². The van der Waals surface area contributed by atoms with Crippen LogP contribution in [0.5, 0.6) is 0 Å². The fourth-order valence-corrected chi connectivity index (χ4v) is 4.42. The van der Waals surface area contributed by atoms with E-state index in [4.69, 9.17) is 0 Å². The first-order valence-corrected chi connectivity index (χ1v) is 8.66. The van der Waals surface area contributed by atoms with Gasteiger partial charge in [-0.2, -0.15) is 5.10 Å². The molecule has 0 aromatic carbocycles. The van der Waals surface area contributed by atoms with Crippen LogP contribution in [0, 0.1) is 0 Å². The van der Waals surface area contributed by atoms with E-state index in [1.54, 1.807) is 4.68 Å². The number of carboxylic acid groups (broad SMARTS) is 1. The number of sulfone groups is 1. The number of aryl methyl sites for hydroxylation is 1. The summed E-state index contributed by atoms with van der Waals surface area (Å²) in [6.45, 7) is 0.692. The lowest BCUT2D eigenvalue weighted by molar-refractivity contribution is -0.139. The second-order valence-electron chi connectivity index (χ2n) is 5.51. The number of nitrogens with zero attached hydrogens (tertiary/aromatic N) is 3. The van der Waals surface area contributed by atoms with Crippen LogP contribution in [0.1, 0.15) is 49.2 Å². The summed E-state index contributed by atoms with van der Waals surface area (Å²) in [6, 6.07) is 0. The molecule has 0 spiro atoms. The minimum Gasteiger partial charge on any atom is -0.481 e. The van der Waals surface area contributed by atoms with Gasteiger partial charge in [-0.25, -0.2) is 18.1 Å². The molecule has 110 valence electrons. The molecule has 1 saturated heterocycles. The minimum absolute atomic E-state index is 0.0334. The van der Waals surface area contributed by atoms with Crippen LogP contribution in [0.2, 0.25) is 0 Å². The highest BCUT2D eigenvalue weighted by Crippen LogP contribution is 2.31. The summed E-state index contributed by atoms with van der Waals surface area (Å²) >= 11 is 0. The Morgan fingerprint density at radius 3 is 2.60 bits per heavy atom. The molecule has 1 fully saturated rings. The number of aliphatic carboxylic acids is 1. The van der Waals surface area contributed by atoms with Crippen LogP contribution in [0.3, 0.4) is 0 Å². The molecule has 7 nitrogen and oxygen atoms in total. The molecule has 3 heterocycles. The highest BCUT2D eigenvalue weighted by Gasteiger charge is 2.33. The molecule has 1 N–H and O–H groups in total. The standard InChI is InChI=1S/C12H17N3O4S/c16-12(17)9-2-1-5-15-11(9)13-10(14-15)8-3-6-20(18,19)7-4-8/h8-9H,1-7H2,(H,16,17). The second-order valence-corrected chi connectivity index (χ2v) is 7.81. The van der Waals surface area contributed by atoms with Gasteiger partial charge in [-0.3, -0.25) is 4.79 Å². The van der Waals surface area contributed by atoms with E-state index in [0.29, 0.717) is 37.5 Å². The van der Waals surface area contributed by atoms with Gasteiger partial charge in [0.25, 0.3) is 0 Å². The summed E-state index contributed by atoms with van der Waals surface area (Å²) < 4.78 is 24.6. The molecule has 0 saturated carbocycles. The third kappa shape index (κ3) is 2.44. The van der Waals surface area contributed by atoms with Gasteiger partial charge in [0, 0.05) is 12.5 Å². The number of aromatic nitrogens is 3. The monoisotopic (exact) mass is 299 g/mol. The summed E-state index contributed by atoms with van der Waals surface area (Å²) in [6.07, 6.45) is 2.44. The molecule has 0 bridgehead atoms. The molecule has 1 aromatic heterocycles. The molecule has 1 atom stereocenters. The predicted molar refractivity (Wildman–Crippen MR) is 70.3 cm³/mol. The van der Waals surface area contributed by atoms with E-state index in [-0.39, 0.29) is 17.4 Å². The van der Waals surface area contributed by atoms with Crippen molar-refractivity contribution in [2.45, 2.75) is 44.1 Å². The first kappa shape index (κ1) is 13.5. The van der Waals surface area contributed by atoms with Gasteiger partial charge in [-0.1, -0.05) is 0 Å². The minimum atomic E-state index is -2.91. The molecule has 3 rings (SSSR count). The van der Waals surface area contributed by atoms with Crippen LogP contribution in [0.15, 0.2) is 0 Å². The zero-order valence-corrected chi connectivity index (χ0v) is 11.8. The first-order valence-electron chi connectivity index (χ1n) is 6.84. The van der Waals surface area contributed by atoms with E-state index >= 15 is 0 Å². The summed E-state index contributed by atoms with van der Waals surface area (Å²) in [4.78, 5) is 15.6. The van der Waals surface area contributed by atoms with E-state index in [2.05, 4.69) is 10.1 Å². The van der Waals surface area contributed by atoms with Crippen LogP contribution in [-0.4, -0.2) is 45.8 Å². The molecular weight excluding hydrogens is 282 g/mol. The summed E-state index contributed by atoms with van der Waals surface area (Å²) in [5.41, 5.74) is 0. The fraction of sp³-hybridized carbons (Fsp3) is 0.750. The highest BCUT2D eigenvalue weighted by atomic mass is 32.2. The van der Waals surface area contributed by atoms with Gasteiger partial charge < -0.3 is 5.11 Å². The van der Waals surface area contributed by atoms with Crippen molar-refractivity contribution in [1.82, 2.24) is 14.8 Å². The van der Waals surface area contributed by atoms with Gasteiger partial charge >= 0.3 is 5.97 Å². The maximum absolute atomic E-state index is 11.4. The first-order chi connectivity index (χ1) is 9.46. The third-order valence-corrected chi connectivity index (χ3v) is 5.82. The number of fused-ring (bicyclic) bond motifs is 1. The normalized spacial score (nSPS) is 26.1. The van der Waals surface area contributed by atoms with Gasteiger partial charge in [-0.15, -0.1) is 0 Å². The van der Waals surface area contributed by atoms with Crippen molar-refractivity contribution in [1.29, 1.82) is 0 Å². The zero-order valence-electron chi connectivity index (χ0n) is 11.0. The van der Waals surface area contributed by atoms with Crippen molar-refractivity contribution in [3.63, 3.8) is 0 Å². The largest absolute Gasteiger partial charge is 0.481 e. The average Bonchev–Trinajstić information content (AvgIpc) is 2.81. The van der Waals surface area contributed by atoms with E-state index in [1.165, 1.54) is 0 Å². The van der Waals surface area contributed by atoms with Crippen LogP contribution >= 0.6 is 0 Å². The number of hydrogen-bond donors (Lipinski definition) is 1. The molecule has 1 unspecified atom stereocenters. The topological polar surface area (TPSA) is 102 Å². The molecular formula is C12H17N3O4S.